The van der Waals surface area contributed by atoms with Crippen molar-refractivity contribution in [2.75, 3.05) is 13.1 Å². The summed E-state index contributed by atoms with van der Waals surface area (Å²) in [5.74, 6) is -0.0932. The van der Waals surface area contributed by atoms with Crippen LogP contribution in [0.25, 0.3) is 16.6 Å². The second kappa shape index (κ2) is 7.28. The summed E-state index contributed by atoms with van der Waals surface area (Å²) in [4.78, 5) is 7.46. The molecule has 1 aliphatic heterocycles. The minimum atomic E-state index is -3.43. The van der Waals surface area contributed by atoms with Gasteiger partial charge in [0, 0.05) is 36.4 Å². The number of hydrogen-bond donors (Lipinski definition) is 1. The molecular weight excluding hydrogens is 405 g/mol. The molecule has 0 saturated carbocycles. The number of nitrogens with one attached hydrogen (secondary N) is 1. The summed E-state index contributed by atoms with van der Waals surface area (Å²) in [6.45, 7) is 0.800. The maximum absolute atomic E-state index is 12.8. The van der Waals surface area contributed by atoms with E-state index in [-0.39, 0.29) is 5.75 Å². The van der Waals surface area contributed by atoms with Gasteiger partial charge in [0.1, 0.15) is 5.65 Å². The number of fused-ring (bicyclic) bond motifs is 1. The summed E-state index contributed by atoms with van der Waals surface area (Å²) < 4.78 is 27.0. The quantitative estimate of drug-likeness (QED) is 0.674. The Bertz CT molecular complexity index is 1140. The van der Waals surface area contributed by atoms with Crippen molar-refractivity contribution in [3.05, 3.63) is 70.0 Å². The number of sulfonamides is 1. The first-order valence-electron chi connectivity index (χ1n) is 8.47. The van der Waals surface area contributed by atoms with Gasteiger partial charge in [-0.3, -0.25) is 0 Å². The van der Waals surface area contributed by atoms with E-state index in [1.807, 2.05) is 24.4 Å². The molecular formula is C19H17Cl2N3O2S. The number of nitrogens with zero attached hydrogens (tertiary/aromatic N) is 2. The number of aromatic nitrogens is 2. The van der Waals surface area contributed by atoms with Gasteiger partial charge in [-0.15, -0.1) is 0 Å². The standard InChI is InChI=1S/C19H17Cl2N3O2S/c20-17-4-3-13(10-18(17)21)12-27(25,26)24-8-5-14(6-9-24)16-11-23-19-15(16)2-1-7-22-19/h1-5,7,10-11H,6,8-9,12H2,(H,22,23). The van der Waals surface area contributed by atoms with Crippen LogP contribution in [0.4, 0.5) is 0 Å². The van der Waals surface area contributed by atoms with E-state index in [9.17, 15) is 8.42 Å². The monoisotopic (exact) mass is 421 g/mol. The van der Waals surface area contributed by atoms with E-state index in [4.69, 9.17) is 23.2 Å². The minimum absolute atomic E-state index is 0.0932. The molecule has 0 unspecified atom stereocenters. The zero-order valence-corrected chi connectivity index (χ0v) is 16.7. The van der Waals surface area contributed by atoms with E-state index in [1.54, 1.807) is 24.4 Å². The lowest BCUT2D eigenvalue weighted by molar-refractivity contribution is 0.440. The predicted molar refractivity (Wildman–Crippen MR) is 109 cm³/mol. The molecule has 1 aliphatic rings. The van der Waals surface area contributed by atoms with Gasteiger partial charge in [0.2, 0.25) is 10.0 Å². The van der Waals surface area contributed by atoms with Gasteiger partial charge in [0.05, 0.1) is 15.8 Å². The molecule has 2 aromatic heterocycles. The number of H-pyrrole nitrogens is 1. The van der Waals surface area contributed by atoms with Crippen LogP contribution in [0.3, 0.4) is 0 Å². The average molecular weight is 422 g/mol. The molecule has 0 bridgehead atoms. The topological polar surface area (TPSA) is 66.1 Å². The van der Waals surface area contributed by atoms with Crippen LogP contribution in [0.5, 0.6) is 0 Å². The highest BCUT2D eigenvalue weighted by molar-refractivity contribution is 7.88. The number of rotatable bonds is 4. The van der Waals surface area contributed by atoms with Crippen LogP contribution in [-0.2, 0) is 15.8 Å². The Balaban J connectivity index is 1.52. The third kappa shape index (κ3) is 3.75. The Morgan fingerprint density at radius 3 is 2.78 bits per heavy atom. The Hall–Kier alpha value is -1.86. The van der Waals surface area contributed by atoms with E-state index in [1.165, 1.54) is 4.31 Å². The van der Waals surface area contributed by atoms with Gasteiger partial charge in [0.25, 0.3) is 0 Å². The zero-order chi connectivity index (χ0) is 19.0. The third-order valence-corrected chi connectivity index (χ3v) is 7.25. The molecule has 5 nitrogen and oxygen atoms in total. The molecule has 0 fully saturated rings. The number of halogens is 2. The van der Waals surface area contributed by atoms with Crippen LogP contribution >= 0.6 is 23.2 Å². The lowest BCUT2D eigenvalue weighted by atomic mass is 10.0. The molecule has 8 heteroatoms. The molecule has 27 heavy (non-hydrogen) atoms. The minimum Gasteiger partial charge on any atom is -0.346 e. The molecule has 4 rings (SSSR count). The van der Waals surface area contributed by atoms with Crippen LogP contribution in [0.15, 0.2) is 48.8 Å². The highest BCUT2D eigenvalue weighted by Gasteiger charge is 2.25. The number of benzene rings is 1. The molecule has 0 saturated heterocycles. The fourth-order valence-electron chi connectivity index (χ4n) is 3.30. The number of pyridine rings is 1. The second-order valence-corrected chi connectivity index (χ2v) is 9.23. The van der Waals surface area contributed by atoms with Crippen molar-refractivity contribution >= 4 is 49.8 Å². The maximum atomic E-state index is 12.8. The van der Waals surface area contributed by atoms with Crippen molar-refractivity contribution in [2.24, 2.45) is 0 Å². The SMILES string of the molecule is O=S(=O)(Cc1ccc(Cl)c(Cl)c1)N1CC=C(c2c[nH]c3ncccc23)CC1. The van der Waals surface area contributed by atoms with Crippen LogP contribution < -0.4 is 0 Å². The summed E-state index contributed by atoms with van der Waals surface area (Å²) in [7, 11) is -3.43. The Labute approximate surface area is 167 Å². The van der Waals surface area contributed by atoms with E-state index < -0.39 is 10.0 Å². The molecule has 3 aromatic rings. The van der Waals surface area contributed by atoms with Crippen LogP contribution in [0, 0.1) is 0 Å². The largest absolute Gasteiger partial charge is 0.346 e. The van der Waals surface area contributed by atoms with Gasteiger partial charge >= 0.3 is 0 Å². The molecule has 3 heterocycles. The second-order valence-electron chi connectivity index (χ2n) is 6.44. The van der Waals surface area contributed by atoms with E-state index >= 15 is 0 Å². The molecule has 0 radical (unpaired) electrons. The van der Waals surface area contributed by atoms with E-state index in [2.05, 4.69) is 9.97 Å². The summed E-state index contributed by atoms with van der Waals surface area (Å²) in [5.41, 5.74) is 3.68. The summed E-state index contributed by atoms with van der Waals surface area (Å²) in [6, 6.07) is 8.83. The normalized spacial score (nSPS) is 15.9. The Morgan fingerprint density at radius 2 is 2.04 bits per heavy atom. The maximum Gasteiger partial charge on any atom is 0.218 e. The Kier molecular flexibility index (Phi) is 4.99. The van der Waals surface area contributed by atoms with Gasteiger partial charge in [-0.1, -0.05) is 35.3 Å². The summed E-state index contributed by atoms with van der Waals surface area (Å²) in [5, 5.41) is 1.82. The van der Waals surface area contributed by atoms with Gasteiger partial charge in [0.15, 0.2) is 0 Å². The van der Waals surface area contributed by atoms with Crippen molar-refractivity contribution in [3.63, 3.8) is 0 Å². The molecule has 0 amide bonds. The highest BCUT2D eigenvalue weighted by atomic mass is 35.5. The molecule has 1 N–H and O–H groups in total. The fraction of sp³-hybridized carbons (Fsp3) is 0.211. The van der Waals surface area contributed by atoms with Crippen molar-refractivity contribution in [1.82, 2.24) is 14.3 Å². The van der Waals surface area contributed by atoms with Gasteiger partial charge in [-0.2, -0.15) is 4.31 Å². The average Bonchev–Trinajstić information content (AvgIpc) is 3.09. The smallest absolute Gasteiger partial charge is 0.218 e. The zero-order valence-electron chi connectivity index (χ0n) is 14.3. The van der Waals surface area contributed by atoms with Crippen molar-refractivity contribution in [3.8, 4) is 0 Å². The first kappa shape index (κ1) is 18.5. The first-order valence-corrected chi connectivity index (χ1v) is 10.8. The number of aromatic amines is 1. The first-order chi connectivity index (χ1) is 12.9. The fourth-order valence-corrected chi connectivity index (χ4v) is 5.08. The van der Waals surface area contributed by atoms with Crippen LogP contribution in [0.1, 0.15) is 17.5 Å². The molecule has 1 aromatic carbocycles. The summed E-state index contributed by atoms with van der Waals surface area (Å²) >= 11 is 11.9. The Morgan fingerprint density at radius 1 is 1.19 bits per heavy atom. The van der Waals surface area contributed by atoms with E-state index in [0.29, 0.717) is 35.1 Å². The van der Waals surface area contributed by atoms with Gasteiger partial charge in [-0.25, -0.2) is 13.4 Å². The van der Waals surface area contributed by atoms with Crippen molar-refractivity contribution in [1.29, 1.82) is 0 Å². The van der Waals surface area contributed by atoms with Crippen LogP contribution in [-0.4, -0.2) is 35.8 Å². The lowest BCUT2D eigenvalue weighted by Gasteiger charge is -2.26. The van der Waals surface area contributed by atoms with E-state index in [0.717, 1.165) is 22.2 Å². The van der Waals surface area contributed by atoms with Gasteiger partial charge in [-0.05, 0) is 41.8 Å². The summed E-state index contributed by atoms with van der Waals surface area (Å²) in [6.07, 6.45) is 6.31. The van der Waals surface area contributed by atoms with Crippen molar-refractivity contribution < 1.29 is 8.42 Å². The molecule has 140 valence electrons. The lowest BCUT2D eigenvalue weighted by Crippen LogP contribution is -2.35. The van der Waals surface area contributed by atoms with Crippen molar-refractivity contribution in [2.45, 2.75) is 12.2 Å². The van der Waals surface area contributed by atoms with Crippen LogP contribution in [0.2, 0.25) is 10.0 Å². The van der Waals surface area contributed by atoms with Gasteiger partial charge < -0.3 is 4.98 Å². The molecule has 0 spiro atoms. The third-order valence-electron chi connectivity index (χ3n) is 4.70. The number of hydrogen-bond acceptors (Lipinski definition) is 3. The predicted octanol–water partition coefficient (Wildman–Crippen LogP) is 4.49. The molecule has 0 atom stereocenters. The molecule has 0 aliphatic carbocycles. The highest BCUT2D eigenvalue weighted by Crippen LogP contribution is 2.30.